The maximum absolute atomic E-state index is 13.1. The first-order chi connectivity index (χ1) is 23.4. The first-order valence-corrected chi connectivity index (χ1v) is 16.2. The molecule has 8 amide bonds. The molecule has 0 aromatic heterocycles. The van der Waals surface area contributed by atoms with Gasteiger partial charge in [-0.25, -0.2) is 9.59 Å². The van der Waals surface area contributed by atoms with E-state index in [1.807, 2.05) is 0 Å². The number of rotatable bonds is 18. The number of hydrogen-bond acceptors (Lipinski definition) is 10. The van der Waals surface area contributed by atoms with Crippen LogP contribution >= 0.6 is 0 Å². The summed E-state index contributed by atoms with van der Waals surface area (Å²) in [6.07, 6.45) is 3.23. The van der Waals surface area contributed by atoms with Crippen LogP contribution in [0.5, 0.6) is 0 Å². The molecule has 1 unspecified atom stereocenters. The smallest absolute Gasteiger partial charge is 0.407 e. The van der Waals surface area contributed by atoms with Crippen LogP contribution in [0.2, 0.25) is 0 Å². The molecule has 268 valence electrons. The molecule has 1 fully saturated rings. The Balaban J connectivity index is 1.41. The predicted molar refractivity (Wildman–Crippen MR) is 174 cm³/mol. The van der Waals surface area contributed by atoms with Gasteiger partial charge in [0.1, 0.15) is 18.8 Å². The highest BCUT2D eigenvalue weighted by atomic mass is 16.5. The molecule has 0 saturated carbocycles. The SMILES string of the molecule is C[C@@H]1OCCC(NC(=O)OCc2ccc(NC(=O)[C@H](CCCNC(N)=O)NC(=O)CNC(=O)CCCCCN3C(=O)C=CC3=O)cc2)[C@@H]1O. The van der Waals surface area contributed by atoms with Gasteiger partial charge in [-0.3, -0.25) is 28.9 Å². The van der Waals surface area contributed by atoms with E-state index in [2.05, 4.69) is 26.6 Å². The number of anilines is 1. The average molecular weight is 688 g/mol. The molecule has 2 aliphatic rings. The molecule has 8 N–H and O–H groups in total. The number of primary amides is 1. The number of nitrogens with two attached hydrogens (primary N) is 1. The molecule has 0 aliphatic carbocycles. The van der Waals surface area contributed by atoms with Crippen LogP contribution in [-0.4, -0.2) is 102 Å². The monoisotopic (exact) mass is 687 g/mol. The Kier molecular flexibility index (Phi) is 15.5. The van der Waals surface area contributed by atoms with Crippen molar-refractivity contribution in [3.05, 3.63) is 42.0 Å². The van der Waals surface area contributed by atoms with E-state index in [9.17, 15) is 38.7 Å². The van der Waals surface area contributed by atoms with E-state index in [1.165, 1.54) is 12.2 Å². The fourth-order valence-corrected chi connectivity index (χ4v) is 5.07. The Morgan fingerprint density at radius 2 is 1.71 bits per heavy atom. The standard InChI is InChI=1S/C32H45N7O10/c1-20-29(44)23(14-17-48-20)38-32(47)49-19-21-8-10-22(11-9-21)36-30(45)24(6-5-15-34-31(33)46)37-26(41)18-35-25(40)7-3-2-4-16-39-27(42)12-13-28(39)43/h8-13,20,23-24,29,44H,2-7,14-19H2,1H3,(H,35,40)(H,36,45)(H,37,41)(H,38,47)(H3,33,34,46)/t20-,23?,24-,29+/m0/s1. The molecule has 2 aliphatic heterocycles. The number of aliphatic hydroxyl groups is 1. The molecule has 0 radical (unpaired) electrons. The molecule has 1 aromatic rings. The quantitative estimate of drug-likeness (QED) is 0.0799. The Morgan fingerprint density at radius 3 is 2.41 bits per heavy atom. The van der Waals surface area contributed by atoms with Crippen molar-refractivity contribution in [3.8, 4) is 0 Å². The highest BCUT2D eigenvalue weighted by Gasteiger charge is 2.31. The van der Waals surface area contributed by atoms with Gasteiger partial charge in [0, 0.05) is 44.0 Å². The van der Waals surface area contributed by atoms with E-state index in [0.717, 1.165) is 4.90 Å². The predicted octanol–water partition coefficient (Wildman–Crippen LogP) is -0.0755. The van der Waals surface area contributed by atoms with Gasteiger partial charge in [-0.2, -0.15) is 0 Å². The van der Waals surface area contributed by atoms with Crippen LogP contribution in [0.4, 0.5) is 15.3 Å². The number of nitrogens with one attached hydrogen (secondary N) is 5. The van der Waals surface area contributed by atoms with Crippen molar-refractivity contribution < 1.29 is 48.1 Å². The van der Waals surface area contributed by atoms with Gasteiger partial charge in [-0.15, -0.1) is 0 Å². The number of hydrogen-bond donors (Lipinski definition) is 7. The van der Waals surface area contributed by atoms with Crippen LogP contribution in [0.1, 0.15) is 57.4 Å². The Bertz CT molecular complexity index is 1350. The van der Waals surface area contributed by atoms with Gasteiger partial charge in [0.2, 0.25) is 17.7 Å². The Labute approximate surface area is 283 Å². The number of carbonyl (C=O) groups is 7. The molecule has 0 bridgehead atoms. The van der Waals surface area contributed by atoms with E-state index in [4.69, 9.17) is 15.2 Å². The van der Waals surface area contributed by atoms with Crippen LogP contribution in [0.3, 0.4) is 0 Å². The molecule has 49 heavy (non-hydrogen) atoms. The lowest BCUT2D eigenvalue weighted by Gasteiger charge is -2.33. The van der Waals surface area contributed by atoms with E-state index in [-0.39, 0.29) is 56.8 Å². The molecular weight excluding hydrogens is 642 g/mol. The third kappa shape index (κ3) is 13.5. The Morgan fingerprint density at radius 1 is 1.00 bits per heavy atom. The molecule has 3 rings (SSSR count). The summed E-state index contributed by atoms with van der Waals surface area (Å²) in [5.74, 6) is -2.19. The number of ether oxygens (including phenoxy) is 2. The summed E-state index contributed by atoms with van der Waals surface area (Å²) >= 11 is 0. The first-order valence-electron chi connectivity index (χ1n) is 16.2. The summed E-state index contributed by atoms with van der Waals surface area (Å²) in [5.41, 5.74) is 6.15. The number of unbranched alkanes of at least 4 members (excludes halogenated alkanes) is 2. The molecule has 17 heteroatoms. The van der Waals surface area contributed by atoms with Gasteiger partial charge in [0.05, 0.1) is 18.7 Å². The van der Waals surface area contributed by atoms with Gasteiger partial charge in [-0.05, 0) is 56.7 Å². The number of imide groups is 1. The average Bonchev–Trinajstić information content (AvgIpc) is 3.39. The molecular formula is C32H45N7O10. The van der Waals surface area contributed by atoms with Gasteiger partial charge >= 0.3 is 12.1 Å². The van der Waals surface area contributed by atoms with E-state index in [1.54, 1.807) is 31.2 Å². The van der Waals surface area contributed by atoms with Crippen LogP contribution in [0.25, 0.3) is 0 Å². The normalized spacial score (nSPS) is 19.1. The zero-order valence-electron chi connectivity index (χ0n) is 27.4. The minimum atomic E-state index is -1.00. The molecule has 2 heterocycles. The number of alkyl carbamates (subject to hydrolysis) is 1. The summed E-state index contributed by atoms with van der Waals surface area (Å²) in [5, 5.41) is 23.1. The zero-order valence-corrected chi connectivity index (χ0v) is 27.4. The molecule has 17 nitrogen and oxygen atoms in total. The topological polar surface area (TPSA) is 248 Å². The minimum Gasteiger partial charge on any atom is -0.445 e. The highest BCUT2D eigenvalue weighted by Crippen LogP contribution is 2.16. The van der Waals surface area contributed by atoms with E-state index < -0.39 is 48.2 Å². The van der Waals surface area contributed by atoms with Crippen molar-refractivity contribution in [1.29, 1.82) is 0 Å². The second-order valence-electron chi connectivity index (χ2n) is 11.7. The van der Waals surface area contributed by atoms with Crippen molar-refractivity contribution in [2.24, 2.45) is 5.73 Å². The fourth-order valence-electron chi connectivity index (χ4n) is 5.07. The van der Waals surface area contributed by atoms with E-state index in [0.29, 0.717) is 50.0 Å². The first kappa shape index (κ1) is 38.4. The number of aliphatic hydroxyl groups excluding tert-OH is 1. The van der Waals surface area contributed by atoms with Crippen LogP contribution in [-0.2, 0) is 40.1 Å². The summed E-state index contributed by atoms with van der Waals surface area (Å²) in [6.45, 7) is 2.17. The lowest BCUT2D eigenvalue weighted by molar-refractivity contribution is -0.137. The van der Waals surface area contributed by atoms with Crippen LogP contribution in [0.15, 0.2) is 36.4 Å². The lowest BCUT2D eigenvalue weighted by atomic mass is 10.0. The third-order valence-corrected chi connectivity index (χ3v) is 7.85. The maximum atomic E-state index is 13.1. The van der Waals surface area contributed by atoms with Gasteiger partial charge in [0.15, 0.2) is 0 Å². The summed E-state index contributed by atoms with van der Waals surface area (Å²) in [7, 11) is 0. The summed E-state index contributed by atoms with van der Waals surface area (Å²) in [6, 6.07) is 4.30. The van der Waals surface area contributed by atoms with Gasteiger partial charge in [-0.1, -0.05) is 18.6 Å². The van der Waals surface area contributed by atoms with Gasteiger partial charge in [0.25, 0.3) is 11.8 Å². The number of urea groups is 1. The minimum absolute atomic E-state index is 0.0511. The van der Waals surface area contributed by atoms with Crippen molar-refractivity contribution >= 4 is 47.3 Å². The number of carbonyl (C=O) groups excluding carboxylic acids is 7. The van der Waals surface area contributed by atoms with Gasteiger partial charge < -0.3 is 46.9 Å². The van der Waals surface area contributed by atoms with Crippen LogP contribution in [0, 0.1) is 0 Å². The van der Waals surface area contributed by atoms with Crippen molar-refractivity contribution in [3.63, 3.8) is 0 Å². The second-order valence-corrected chi connectivity index (χ2v) is 11.7. The number of nitrogens with zero attached hydrogens (tertiary/aromatic N) is 1. The lowest BCUT2D eigenvalue weighted by Crippen LogP contribution is -2.52. The number of benzene rings is 1. The second kappa shape index (κ2) is 19.7. The van der Waals surface area contributed by atoms with Crippen LogP contribution < -0.4 is 32.3 Å². The van der Waals surface area contributed by atoms with E-state index >= 15 is 0 Å². The summed E-state index contributed by atoms with van der Waals surface area (Å²) in [4.78, 5) is 85.5. The molecule has 1 aromatic carbocycles. The zero-order chi connectivity index (χ0) is 35.8. The third-order valence-electron chi connectivity index (χ3n) is 7.85. The maximum Gasteiger partial charge on any atom is 0.407 e. The van der Waals surface area contributed by atoms with Crippen molar-refractivity contribution in [2.45, 2.75) is 82.8 Å². The van der Waals surface area contributed by atoms with Crippen molar-refractivity contribution in [1.82, 2.24) is 26.2 Å². The largest absolute Gasteiger partial charge is 0.445 e. The summed E-state index contributed by atoms with van der Waals surface area (Å²) < 4.78 is 10.6. The molecule has 1 saturated heterocycles. The fraction of sp³-hybridized carbons (Fsp3) is 0.531. The Hall–Kier alpha value is -5.03. The highest BCUT2D eigenvalue weighted by molar-refractivity contribution is 6.12. The number of amides is 8. The molecule has 0 spiro atoms. The molecule has 4 atom stereocenters. The van der Waals surface area contributed by atoms with Crippen molar-refractivity contribution in [2.75, 3.05) is 31.6 Å².